The largest absolute Gasteiger partial charge is 0.245 e. The molecule has 0 heterocycles. The highest BCUT2D eigenvalue weighted by Crippen LogP contribution is 2.11. The van der Waals surface area contributed by atoms with Gasteiger partial charge in [0.05, 0.1) is 15.8 Å². The minimum Gasteiger partial charge on any atom is -0.245 e. The van der Waals surface area contributed by atoms with Gasteiger partial charge in [-0.15, -0.1) is 0 Å². The van der Waals surface area contributed by atoms with Crippen LogP contribution in [0.5, 0.6) is 0 Å². The standard InChI is InChI=1S/C10H15NOS/c1-9(2)11-13(3,12)10-7-5-4-6-8-10/h4-9H,1-3H3/t13-/m0/s1. The van der Waals surface area contributed by atoms with Crippen LogP contribution >= 0.6 is 0 Å². The van der Waals surface area contributed by atoms with Crippen LogP contribution in [-0.4, -0.2) is 16.5 Å². The third-order valence-electron chi connectivity index (χ3n) is 1.59. The topological polar surface area (TPSA) is 29.4 Å². The van der Waals surface area contributed by atoms with E-state index in [0.29, 0.717) is 0 Å². The summed E-state index contributed by atoms with van der Waals surface area (Å²) in [7, 11) is -2.18. The Morgan fingerprint density at radius 3 is 2.23 bits per heavy atom. The van der Waals surface area contributed by atoms with Crippen molar-refractivity contribution in [2.24, 2.45) is 4.36 Å². The summed E-state index contributed by atoms with van der Waals surface area (Å²) in [4.78, 5) is 0.809. The van der Waals surface area contributed by atoms with Gasteiger partial charge in [-0.05, 0) is 26.0 Å². The summed E-state index contributed by atoms with van der Waals surface area (Å²) >= 11 is 0. The van der Waals surface area contributed by atoms with E-state index in [0.717, 1.165) is 4.90 Å². The van der Waals surface area contributed by atoms with E-state index >= 15 is 0 Å². The molecule has 0 saturated heterocycles. The molecular weight excluding hydrogens is 182 g/mol. The summed E-state index contributed by atoms with van der Waals surface area (Å²) in [6.07, 6.45) is 1.68. The number of hydrogen-bond donors (Lipinski definition) is 0. The van der Waals surface area contributed by atoms with Gasteiger partial charge in [0.25, 0.3) is 0 Å². The Labute approximate surface area is 80.2 Å². The zero-order chi connectivity index (χ0) is 9.90. The summed E-state index contributed by atoms with van der Waals surface area (Å²) in [6.45, 7) is 3.87. The number of nitrogens with zero attached hydrogens (tertiary/aromatic N) is 1. The summed E-state index contributed by atoms with van der Waals surface area (Å²) in [5, 5.41) is 0. The third-order valence-corrected chi connectivity index (χ3v) is 3.56. The van der Waals surface area contributed by atoms with Gasteiger partial charge in [-0.3, -0.25) is 0 Å². The van der Waals surface area contributed by atoms with Crippen molar-refractivity contribution in [3.05, 3.63) is 30.3 Å². The summed E-state index contributed by atoms with van der Waals surface area (Å²) in [6, 6.07) is 9.50. The lowest BCUT2D eigenvalue weighted by Crippen LogP contribution is -2.01. The highest BCUT2D eigenvalue weighted by atomic mass is 32.2. The zero-order valence-electron chi connectivity index (χ0n) is 8.23. The highest BCUT2D eigenvalue weighted by Gasteiger charge is 2.04. The molecule has 0 spiro atoms. The first-order chi connectivity index (χ1) is 6.02. The van der Waals surface area contributed by atoms with Crippen LogP contribution in [0.3, 0.4) is 0 Å². The van der Waals surface area contributed by atoms with Crippen molar-refractivity contribution in [2.75, 3.05) is 6.26 Å². The molecule has 72 valence electrons. The second-order valence-corrected chi connectivity index (χ2v) is 5.60. The molecule has 0 fully saturated rings. The van der Waals surface area contributed by atoms with E-state index in [1.54, 1.807) is 6.26 Å². The van der Waals surface area contributed by atoms with Gasteiger partial charge in [0.1, 0.15) is 0 Å². The van der Waals surface area contributed by atoms with Gasteiger partial charge in [-0.25, -0.2) is 8.57 Å². The second-order valence-electron chi connectivity index (χ2n) is 3.31. The normalized spacial score (nSPS) is 15.4. The fourth-order valence-electron chi connectivity index (χ4n) is 1.14. The van der Waals surface area contributed by atoms with Gasteiger partial charge in [-0.2, -0.15) is 0 Å². The fraction of sp³-hybridized carbons (Fsp3) is 0.400. The number of benzene rings is 1. The lowest BCUT2D eigenvalue weighted by atomic mass is 10.4. The quantitative estimate of drug-likeness (QED) is 0.716. The van der Waals surface area contributed by atoms with E-state index < -0.39 is 9.73 Å². The van der Waals surface area contributed by atoms with Crippen molar-refractivity contribution in [3.8, 4) is 0 Å². The maximum atomic E-state index is 12.0. The molecule has 1 aromatic carbocycles. The van der Waals surface area contributed by atoms with E-state index in [2.05, 4.69) is 4.36 Å². The van der Waals surface area contributed by atoms with E-state index in [4.69, 9.17) is 0 Å². The fourth-order valence-corrected chi connectivity index (χ4v) is 2.72. The van der Waals surface area contributed by atoms with E-state index in [1.807, 2.05) is 44.2 Å². The van der Waals surface area contributed by atoms with Gasteiger partial charge in [0.15, 0.2) is 0 Å². The number of rotatable bonds is 2. The van der Waals surface area contributed by atoms with Gasteiger partial charge >= 0.3 is 0 Å². The first-order valence-corrected chi connectivity index (χ1v) is 6.21. The van der Waals surface area contributed by atoms with Crippen LogP contribution in [0.4, 0.5) is 0 Å². The van der Waals surface area contributed by atoms with Crippen LogP contribution in [0.25, 0.3) is 0 Å². The van der Waals surface area contributed by atoms with Crippen molar-refractivity contribution in [3.63, 3.8) is 0 Å². The average molecular weight is 197 g/mol. The molecule has 0 amide bonds. The molecule has 1 atom stereocenters. The van der Waals surface area contributed by atoms with Gasteiger partial charge in [0, 0.05) is 11.2 Å². The van der Waals surface area contributed by atoms with Crippen LogP contribution < -0.4 is 0 Å². The van der Waals surface area contributed by atoms with Gasteiger partial charge in [-0.1, -0.05) is 18.2 Å². The summed E-state index contributed by atoms with van der Waals surface area (Å²) in [5.74, 6) is 0. The predicted octanol–water partition coefficient (Wildman–Crippen LogP) is 2.55. The first kappa shape index (κ1) is 10.3. The van der Waals surface area contributed by atoms with Crippen LogP contribution in [0.2, 0.25) is 0 Å². The Bertz CT molecular complexity index is 375. The zero-order valence-corrected chi connectivity index (χ0v) is 9.04. The SMILES string of the molecule is CC(C)N=[S@@](C)(=O)c1ccccc1. The van der Waals surface area contributed by atoms with Crippen LogP contribution in [0.15, 0.2) is 39.6 Å². The van der Waals surface area contributed by atoms with Crippen molar-refractivity contribution < 1.29 is 4.21 Å². The summed E-state index contributed by atoms with van der Waals surface area (Å²) in [5.41, 5.74) is 0. The van der Waals surface area contributed by atoms with Gasteiger partial charge < -0.3 is 0 Å². The molecule has 0 saturated carbocycles. The third kappa shape index (κ3) is 2.84. The molecule has 0 unspecified atom stereocenters. The Kier molecular flexibility index (Phi) is 3.09. The lowest BCUT2D eigenvalue weighted by molar-refractivity contribution is 0.674. The summed E-state index contributed by atoms with van der Waals surface area (Å²) < 4.78 is 16.2. The molecule has 0 aliphatic heterocycles. The monoisotopic (exact) mass is 197 g/mol. The molecule has 0 aliphatic carbocycles. The molecule has 1 rings (SSSR count). The highest BCUT2D eigenvalue weighted by molar-refractivity contribution is 7.93. The minimum atomic E-state index is -2.18. The lowest BCUT2D eigenvalue weighted by Gasteiger charge is -2.05. The molecule has 0 N–H and O–H groups in total. The molecule has 1 aromatic rings. The first-order valence-electron chi connectivity index (χ1n) is 4.29. The minimum absolute atomic E-state index is 0.109. The van der Waals surface area contributed by atoms with Crippen molar-refractivity contribution >= 4 is 9.73 Å². The Balaban J connectivity index is 3.16. The van der Waals surface area contributed by atoms with E-state index in [1.165, 1.54) is 0 Å². The Hall–Kier alpha value is -0.830. The van der Waals surface area contributed by atoms with Crippen LogP contribution in [-0.2, 0) is 9.73 Å². The van der Waals surface area contributed by atoms with Crippen molar-refractivity contribution in [2.45, 2.75) is 24.8 Å². The Morgan fingerprint density at radius 2 is 1.77 bits per heavy atom. The molecule has 3 heteroatoms. The molecule has 0 radical (unpaired) electrons. The molecule has 13 heavy (non-hydrogen) atoms. The number of hydrogen-bond acceptors (Lipinski definition) is 2. The molecule has 0 bridgehead atoms. The average Bonchev–Trinajstić information content (AvgIpc) is 2.04. The smallest absolute Gasteiger partial charge is 0.0725 e. The molecule has 0 aromatic heterocycles. The maximum absolute atomic E-state index is 12.0. The predicted molar refractivity (Wildman–Crippen MR) is 56.3 cm³/mol. The Morgan fingerprint density at radius 1 is 1.23 bits per heavy atom. The van der Waals surface area contributed by atoms with Gasteiger partial charge in [0.2, 0.25) is 0 Å². The van der Waals surface area contributed by atoms with E-state index in [-0.39, 0.29) is 6.04 Å². The van der Waals surface area contributed by atoms with E-state index in [9.17, 15) is 4.21 Å². The van der Waals surface area contributed by atoms with Crippen LogP contribution in [0, 0.1) is 0 Å². The second kappa shape index (κ2) is 3.92. The molecule has 2 nitrogen and oxygen atoms in total. The molecular formula is C10H15NOS. The van der Waals surface area contributed by atoms with Crippen molar-refractivity contribution in [1.29, 1.82) is 0 Å². The maximum Gasteiger partial charge on any atom is 0.0725 e. The van der Waals surface area contributed by atoms with Crippen molar-refractivity contribution in [1.82, 2.24) is 0 Å². The van der Waals surface area contributed by atoms with Crippen LogP contribution in [0.1, 0.15) is 13.8 Å². The molecule has 0 aliphatic rings.